The van der Waals surface area contributed by atoms with E-state index in [-0.39, 0.29) is 6.03 Å². The van der Waals surface area contributed by atoms with Gasteiger partial charge in [-0.2, -0.15) is 0 Å². The lowest BCUT2D eigenvalue weighted by Crippen LogP contribution is -2.45. The van der Waals surface area contributed by atoms with Crippen LogP contribution < -0.4 is 5.32 Å². The van der Waals surface area contributed by atoms with Gasteiger partial charge >= 0.3 is 6.03 Å². The van der Waals surface area contributed by atoms with E-state index in [1.165, 1.54) is 0 Å². The fourth-order valence-electron chi connectivity index (χ4n) is 1.21. The highest BCUT2D eigenvalue weighted by atomic mass is 16.2. The zero-order chi connectivity index (χ0) is 8.55. The molecule has 0 aliphatic carbocycles. The van der Waals surface area contributed by atoms with Crippen molar-refractivity contribution in [2.75, 3.05) is 6.54 Å². The van der Waals surface area contributed by atoms with E-state index in [1.54, 1.807) is 11.8 Å². The van der Waals surface area contributed by atoms with E-state index < -0.39 is 0 Å². The maximum absolute atomic E-state index is 11.3. The molecule has 0 bridgehead atoms. The molecular weight excluding hydrogens is 154 g/mol. The van der Waals surface area contributed by atoms with Crippen LogP contribution in [0.3, 0.4) is 0 Å². The van der Waals surface area contributed by atoms with E-state index in [0.717, 1.165) is 5.82 Å². The lowest BCUT2D eigenvalue weighted by Gasteiger charge is -2.27. The Morgan fingerprint density at radius 3 is 3.33 bits per heavy atom. The topological polar surface area (TPSA) is 44.7 Å². The van der Waals surface area contributed by atoms with Gasteiger partial charge in [0.15, 0.2) is 0 Å². The van der Waals surface area contributed by atoms with Crippen LogP contribution >= 0.6 is 0 Å². The van der Waals surface area contributed by atoms with E-state index in [0.29, 0.717) is 12.4 Å². The SMILES string of the molecule is CC1=NC2=CC=CCN2C(=O)N1. The lowest BCUT2D eigenvalue weighted by molar-refractivity contribution is 0.217. The summed E-state index contributed by atoms with van der Waals surface area (Å²) >= 11 is 0. The zero-order valence-corrected chi connectivity index (χ0v) is 6.74. The fraction of sp³-hybridized carbons (Fsp3) is 0.250. The van der Waals surface area contributed by atoms with Gasteiger partial charge in [-0.05, 0) is 13.0 Å². The minimum Gasteiger partial charge on any atom is -0.296 e. The Hall–Kier alpha value is -1.58. The Bertz CT molecular complexity index is 312. The van der Waals surface area contributed by atoms with E-state index in [4.69, 9.17) is 0 Å². The largest absolute Gasteiger partial charge is 0.328 e. The number of amides is 2. The number of rotatable bonds is 0. The summed E-state index contributed by atoms with van der Waals surface area (Å²) in [6.45, 7) is 2.38. The van der Waals surface area contributed by atoms with Crippen molar-refractivity contribution >= 4 is 11.9 Å². The molecule has 0 aromatic rings. The molecule has 1 N–H and O–H groups in total. The molecule has 2 aliphatic rings. The Labute approximate surface area is 70.3 Å². The number of urea groups is 1. The predicted octanol–water partition coefficient (Wildman–Crippen LogP) is 0.841. The van der Waals surface area contributed by atoms with Gasteiger partial charge in [-0.3, -0.25) is 10.2 Å². The molecule has 0 atom stereocenters. The molecule has 4 heteroatoms. The fourth-order valence-corrected chi connectivity index (χ4v) is 1.21. The number of allylic oxidation sites excluding steroid dienone is 2. The third kappa shape index (κ3) is 1.01. The van der Waals surface area contributed by atoms with E-state index >= 15 is 0 Å². The van der Waals surface area contributed by atoms with Crippen LogP contribution in [0.5, 0.6) is 0 Å². The summed E-state index contributed by atoms with van der Waals surface area (Å²) in [6.07, 6.45) is 5.65. The van der Waals surface area contributed by atoms with Crippen molar-refractivity contribution in [3.05, 3.63) is 24.0 Å². The van der Waals surface area contributed by atoms with Gasteiger partial charge in [0.1, 0.15) is 11.7 Å². The molecule has 2 heterocycles. The van der Waals surface area contributed by atoms with Gasteiger partial charge in [-0.25, -0.2) is 9.79 Å². The molecule has 0 saturated heterocycles. The van der Waals surface area contributed by atoms with E-state index in [9.17, 15) is 4.79 Å². The second kappa shape index (κ2) is 2.48. The first kappa shape index (κ1) is 7.09. The Morgan fingerprint density at radius 1 is 1.67 bits per heavy atom. The highest BCUT2D eigenvalue weighted by Crippen LogP contribution is 2.14. The standard InChI is InChI=1S/C8H9N3O/c1-6-9-7-4-2-3-5-11(7)8(12)10-6/h2-4H,5H2,1H3,(H,9,10,12). The van der Waals surface area contributed by atoms with Gasteiger partial charge < -0.3 is 0 Å². The number of fused-ring (bicyclic) bond motifs is 1. The van der Waals surface area contributed by atoms with Crippen LogP contribution in [-0.4, -0.2) is 23.3 Å². The average molecular weight is 163 g/mol. The molecule has 12 heavy (non-hydrogen) atoms. The van der Waals surface area contributed by atoms with Crippen molar-refractivity contribution < 1.29 is 4.79 Å². The zero-order valence-electron chi connectivity index (χ0n) is 6.74. The summed E-state index contributed by atoms with van der Waals surface area (Å²) in [6, 6.07) is -0.0990. The summed E-state index contributed by atoms with van der Waals surface area (Å²) in [5.41, 5.74) is 0. The van der Waals surface area contributed by atoms with Crippen molar-refractivity contribution in [1.82, 2.24) is 10.2 Å². The molecule has 2 aliphatic heterocycles. The Balaban J connectivity index is 2.39. The maximum Gasteiger partial charge on any atom is 0.328 e. The summed E-state index contributed by atoms with van der Waals surface area (Å²) in [5, 5.41) is 2.64. The van der Waals surface area contributed by atoms with E-state index in [1.807, 2.05) is 18.2 Å². The number of hydrogen-bond donors (Lipinski definition) is 1. The number of carbonyl (C=O) groups excluding carboxylic acids is 1. The van der Waals surface area contributed by atoms with Crippen molar-refractivity contribution in [3.63, 3.8) is 0 Å². The Kier molecular flexibility index (Phi) is 1.46. The summed E-state index contributed by atoms with van der Waals surface area (Å²) in [7, 11) is 0. The molecule has 0 fully saturated rings. The quantitative estimate of drug-likeness (QED) is 0.565. The van der Waals surface area contributed by atoms with Crippen LogP contribution in [0, 0.1) is 0 Å². The van der Waals surface area contributed by atoms with Gasteiger partial charge in [-0.1, -0.05) is 12.2 Å². The third-order valence-corrected chi connectivity index (χ3v) is 1.76. The normalized spacial score (nSPS) is 21.1. The lowest BCUT2D eigenvalue weighted by atomic mass is 10.3. The number of nitrogens with one attached hydrogen (secondary N) is 1. The van der Waals surface area contributed by atoms with Crippen LogP contribution in [0.1, 0.15) is 6.92 Å². The molecule has 4 nitrogen and oxygen atoms in total. The summed E-state index contributed by atoms with van der Waals surface area (Å²) in [5.74, 6) is 1.37. The van der Waals surface area contributed by atoms with Gasteiger partial charge in [0.2, 0.25) is 0 Å². The third-order valence-electron chi connectivity index (χ3n) is 1.76. The molecule has 0 spiro atoms. The summed E-state index contributed by atoms with van der Waals surface area (Å²) in [4.78, 5) is 17.1. The van der Waals surface area contributed by atoms with E-state index in [2.05, 4.69) is 10.3 Å². The smallest absolute Gasteiger partial charge is 0.296 e. The first-order valence-electron chi connectivity index (χ1n) is 3.78. The van der Waals surface area contributed by atoms with Crippen molar-refractivity contribution in [3.8, 4) is 0 Å². The minimum absolute atomic E-state index is 0.0990. The monoisotopic (exact) mass is 163 g/mol. The van der Waals surface area contributed by atoms with Crippen LogP contribution in [-0.2, 0) is 0 Å². The predicted molar refractivity (Wildman–Crippen MR) is 45.6 cm³/mol. The van der Waals surface area contributed by atoms with Crippen molar-refractivity contribution in [1.29, 1.82) is 0 Å². The number of amidine groups is 1. The number of carbonyl (C=O) groups is 1. The van der Waals surface area contributed by atoms with Crippen molar-refractivity contribution in [2.24, 2.45) is 4.99 Å². The first-order valence-corrected chi connectivity index (χ1v) is 3.78. The molecule has 2 rings (SSSR count). The van der Waals surface area contributed by atoms with Gasteiger partial charge in [0, 0.05) is 6.54 Å². The minimum atomic E-state index is -0.0990. The van der Waals surface area contributed by atoms with Crippen LogP contribution in [0.2, 0.25) is 0 Å². The van der Waals surface area contributed by atoms with Gasteiger partial charge in [0.25, 0.3) is 0 Å². The molecular formula is C8H9N3O. The van der Waals surface area contributed by atoms with Crippen molar-refractivity contribution in [2.45, 2.75) is 6.92 Å². The molecule has 62 valence electrons. The number of nitrogens with zero attached hydrogens (tertiary/aromatic N) is 2. The highest BCUT2D eigenvalue weighted by molar-refractivity contribution is 5.99. The molecule has 0 saturated carbocycles. The average Bonchev–Trinajstić information content (AvgIpc) is 2.04. The second-order valence-electron chi connectivity index (χ2n) is 2.69. The van der Waals surface area contributed by atoms with Crippen LogP contribution in [0.15, 0.2) is 29.0 Å². The van der Waals surface area contributed by atoms with Gasteiger partial charge in [-0.15, -0.1) is 0 Å². The molecule has 0 aromatic carbocycles. The number of aliphatic imine (C=N–C) groups is 1. The van der Waals surface area contributed by atoms with Crippen LogP contribution in [0.4, 0.5) is 4.79 Å². The van der Waals surface area contributed by atoms with Crippen LogP contribution in [0.25, 0.3) is 0 Å². The molecule has 2 amide bonds. The first-order chi connectivity index (χ1) is 5.77. The van der Waals surface area contributed by atoms with Gasteiger partial charge in [0.05, 0.1) is 0 Å². The maximum atomic E-state index is 11.3. The highest BCUT2D eigenvalue weighted by Gasteiger charge is 2.22. The molecule has 0 radical (unpaired) electrons. The Morgan fingerprint density at radius 2 is 2.50 bits per heavy atom. The molecule has 0 aromatic heterocycles. The number of hydrogen-bond acceptors (Lipinski definition) is 2. The summed E-state index contributed by atoms with van der Waals surface area (Å²) < 4.78 is 0. The second-order valence-corrected chi connectivity index (χ2v) is 2.69. The molecule has 0 unspecified atom stereocenters.